The first-order chi connectivity index (χ1) is 7.11. The molecule has 0 saturated heterocycles. The first kappa shape index (κ1) is 12.5. The highest BCUT2D eigenvalue weighted by molar-refractivity contribution is 9.09. The van der Waals surface area contributed by atoms with Crippen LogP contribution in [0.25, 0.3) is 0 Å². The summed E-state index contributed by atoms with van der Waals surface area (Å²) in [6.45, 7) is 0. The Morgan fingerprint density at radius 1 is 1.60 bits per heavy atom. The van der Waals surface area contributed by atoms with Crippen LogP contribution in [0.5, 0.6) is 0 Å². The van der Waals surface area contributed by atoms with Crippen LogP contribution in [0.2, 0.25) is 5.02 Å². The number of carbonyl (C=O) groups excluding carboxylic acids is 1. The van der Waals surface area contributed by atoms with Crippen LogP contribution >= 0.6 is 27.5 Å². The fourth-order valence-electron chi connectivity index (χ4n) is 1.19. The number of halogens is 3. The summed E-state index contributed by atoms with van der Waals surface area (Å²) in [4.78, 5) is 11.2. The van der Waals surface area contributed by atoms with Crippen LogP contribution in [-0.4, -0.2) is 18.4 Å². The maximum absolute atomic E-state index is 13.8. The van der Waals surface area contributed by atoms with Gasteiger partial charge in [0, 0.05) is 15.9 Å². The zero-order valence-electron chi connectivity index (χ0n) is 8.02. The molecule has 1 rings (SSSR count). The van der Waals surface area contributed by atoms with Crippen LogP contribution in [0, 0.1) is 5.82 Å². The molecule has 2 nitrogen and oxygen atoms in total. The first-order valence-corrected chi connectivity index (χ1v) is 5.73. The molecule has 0 spiro atoms. The quantitative estimate of drug-likeness (QED) is 0.632. The lowest BCUT2D eigenvalue weighted by molar-refractivity contribution is 0.0595. The van der Waals surface area contributed by atoms with E-state index in [9.17, 15) is 9.18 Å². The topological polar surface area (TPSA) is 26.3 Å². The van der Waals surface area contributed by atoms with Crippen LogP contribution in [0.3, 0.4) is 0 Å². The van der Waals surface area contributed by atoms with Crippen molar-refractivity contribution in [2.45, 2.75) is 6.42 Å². The molecule has 0 atom stereocenters. The Morgan fingerprint density at radius 2 is 2.27 bits per heavy atom. The van der Waals surface area contributed by atoms with Crippen molar-refractivity contribution >= 4 is 33.5 Å². The summed E-state index contributed by atoms with van der Waals surface area (Å²) in [5.74, 6) is -1.30. The van der Waals surface area contributed by atoms with E-state index in [2.05, 4.69) is 20.7 Å². The van der Waals surface area contributed by atoms with Crippen molar-refractivity contribution in [3.63, 3.8) is 0 Å². The summed E-state index contributed by atoms with van der Waals surface area (Å²) in [6, 6.07) is 2.82. The lowest BCUT2D eigenvalue weighted by Crippen LogP contribution is -2.07. The lowest BCUT2D eigenvalue weighted by atomic mass is 10.1. The number of benzene rings is 1. The van der Waals surface area contributed by atoms with Crippen LogP contribution < -0.4 is 0 Å². The predicted molar refractivity (Wildman–Crippen MR) is 60.2 cm³/mol. The number of carbonyl (C=O) groups is 1. The number of hydrogen-bond donors (Lipinski definition) is 0. The number of ether oxygens (including phenoxy) is 1. The molecule has 0 amide bonds. The molecule has 1 aromatic rings. The van der Waals surface area contributed by atoms with Crippen LogP contribution in [0.15, 0.2) is 12.1 Å². The third-order valence-corrected chi connectivity index (χ3v) is 2.69. The summed E-state index contributed by atoms with van der Waals surface area (Å²) in [5.41, 5.74) is 0.245. The zero-order valence-corrected chi connectivity index (χ0v) is 10.4. The van der Waals surface area contributed by atoms with Crippen LogP contribution in [-0.2, 0) is 11.2 Å². The second kappa shape index (κ2) is 5.47. The number of esters is 1. The standard InChI is InChI=1S/C10H9BrClFO2/c1-15-10(14)7-2-3-8(12)6(4-5-11)9(7)13/h2-3H,4-5H2,1H3. The Bertz CT molecular complexity index is 382. The van der Waals surface area contributed by atoms with Crippen molar-refractivity contribution in [1.29, 1.82) is 0 Å². The van der Waals surface area contributed by atoms with Crippen LogP contribution in [0.4, 0.5) is 4.39 Å². The maximum atomic E-state index is 13.8. The minimum Gasteiger partial charge on any atom is -0.465 e. The molecule has 0 fully saturated rings. The third-order valence-electron chi connectivity index (χ3n) is 1.94. The Kier molecular flexibility index (Phi) is 4.54. The molecule has 0 N–H and O–H groups in total. The minimum absolute atomic E-state index is 0.0853. The van der Waals surface area contributed by atoms with Gasteiger partial charge in [-0.05, 0) is 18.6 Å². The van der Waals surface area contributed by atoms with Gasteiger partial charge in [-0.1, -0.05) is 27.5 Å². The first-order valence-electron chi connectivity index (χ1n) is 4.23. The van der Waals surface area contributed by atoms with Crippen LogP contribution in [0.1, 0.15) is 15.9 Å². The molecule has 1 aromatic carbocycles. The van der Waals surface area contributed by atoms with Gasteiger partial charge in [0.15, 0.2) is 0 Å². The molecular weight excluding hydrogens is 286 g/mol. The van der Waals surface area contributed by atoms with E-state index in [-0.39, 0.29) is 5.56 Å². The minimum atomic E-state index is -0.694. The maximum Gasteiger partial charge on any atom is 0.340 e. The summed E-state index contributed by atoms with van der Waals surface area (Å²) in [6.07, 6.45) is 0.426. The monoisotopic (exact) mass is 294 g/mol. The van der Waals surface area contributed by atoms with Gasteiger partial charge in [-0.3, -0.25) is 0 Å². The molecule has 15 heavy (non-hydrogen) atoms. The third kappa shape index (κ3) is 2.69. The lowest BCUT2D eigenvalue weighted by Gasteiger charge is -2.07. The molecule has 0 heterocycles. The molecule has 0 saturated carbocycles. The van der Waals surface area contributed by atoms with E-state index >= 15 is 0 Å². The van der Waals surface area contributed by atoms with Crippen molar-refractivity contribution in [3.8, 4) is 0 Å². The Balaban J connectivity index is 3.21. The Labute approximate surface area is 101 Å². The number of alkyl halides is 1. The van der Waals surface area contributed by atoms with Crippen molar-refractivity contribution in [2.75, 3.05) is 12.4 Å². The van der Waals surface area contributed by atoms with E-state index in [4.69, 9.17) is 11.6 Å². The fraction of sp³-hybridized carbons (Fsp3) is 0.300. The van der Waals surface area contributed by atoms with Gasteiger partial charge in [-0.2, -0.15) is 0 Å². The molecule has 5 heteroatoms. The molecule has 0 aromatic heterocycles. The van der Waals surface area contributed by atoms with Crippen molar-refractivity contribution in [2.24, 2.45) is 0 Å². The van der Waals surface area contributed by atoms with Gasteiger partial charge in [0.1, 0.15) is 5.82 Å². The average molecular weight is 296 g/mol. The van der Waals surface area contributed by atoms with Crippen molar-refractivity contribution < 1.29 is 13.9 Å². The summed E-state index contributed by atoms with van der Waals surface area (Å²) >= 11 is 9.01. The van der Waals surface area contributed by atoms with Gasteiger partial charge in [-0.15, -0.1) is 0 Å². The van der Waals surface area contributed by atoms with E-state index < -0.39 is 11.8 Å². The SMILES string of the molecule is COC(=O)c1ccc(Cl)c(CCBr)c1F. The number of hydrogen-bond acceptors (Lipinski definition) is 2. The second-order valence-electron chi connectivity index (χ2n) is 2.82. The van der Waals surface area contributed by atoms with Gasteiger partial charge in [-0.25, -0.2) is 9.18 Å². The van der Waals surface area contributed by atoms with Crippen molar-refractivity contribution in [1.82, 2.24) is 0 Å². The summed E-state index contributed by atoms with van der Waals surface area (Å²) < 4.78 is 18.2. The largest absolute Gasteiger partial charge is 0.465 e. The Morgan fingerprint density at radius 3 is 2.80 bits per heavy atom. The van der Waals surface area contributed by atoms with E-state index in [0.717, 1.165) is 0 Å². The van der Waals surface area contributed by atoms with E-state index in [1.165, 1.54) is 19.2 Å². The normalized spacial score (nSPS) is 10.1. The van der Waals surface area contributed by atoms with E-state index in [1.54, 1.807) is 0 Å². The fourth-order valence-corrected chi connectivity index (χ4v) is 1.83. The molecule has 0 radical (unpaired) electrons. The molecule has 82 valence electrons. The highest BCUT2D eigenvalue weighted by atomic mass is 79.9. The molecule has 0 unspecified atom stereocenters. The van der Waals surface area contributed by atoms with Gasteiger partial charge >= 0.3 is 5.97 Å². The predicted octanol–water partition coefficient (Wildman–Crippen LogP) is 3.20. The molecule has 0 aliphatic carbocycles. The smallest absolute Gasteiger partial charge is 0.340 e. The summed E-state index contributed by atoms with van der Waals surface area (Å²) in [7, 11) is 1.21. The Hall–Kier alpha value is -0.610. The van der Waals surface area contributed by atoms with Crippen molar-refractivity contribution in [3.05, 3.63) is 34.1 Å². The van der Waals surface area contributed by atoms with E-state index in [0.29, 0.717) is 22.3 Å². The average Bonchev–Trinajstić information content (AvgIpc) is 2.23. The molecule has 0 aliphatic heterocycles. The van der Waals surface area contributed by atoms with Gasteiger partial charge in [0.05, 0.1) is 12.7 Å². The molecule has 0 aliphatic rings. The highest BCUT2D eigenvalue weighted by Crippen LogP contribution is 2.23. The van der Waals surface area contributed by atoms with E-state index in [1.807, 2.05) is 0 Å². The zero-order chi connectivity index (χ0) is 11.4. The number of rotatable bonds is 3. The molecule has 0 bridgehead atoms. The van der Waals surface area contributed by atoms with Gasteiger partial charge in [0.25, 0.3) is 0 Å². The van der Waals surface area contributed by atoms with Gasteiger partial charge in [0.2, 0.25) is 0 Å². The number of methoxy groups -OCH3 is 1. The molecular formula is C10H9BrClFO2. The summed E-state index contributed by atoms with van der Waals surface area (Å²) in [5, 5.41) is 0.897. The van der Waals surface area contributed by atoms with Gasteiger partial charge < -0.3 is 4.74 Å². The second-order valence-corrected chi connectivity index (χ2v) is 4.02. The highest BCUT2D eigenvalue weighted by Gasteiger charge is 2.17.